The molecule has 0 spiro atoms. The first kappa shape index (κ1) is 17.8. The van der Waals surface area contributed by atoms with Gasteiger partial charge < -0.3 is 14.0 Å². The van der Waals surface area contributed by atoms with Gasteiger partial charge in [-0.1, -0.05) is 16.8 Å². The Labute approximate surface area is 153 Å². The molecule has 0 N–H and O–H groups in total. The predicted octanol–water partition coefficient (Wildman–Crippen LogP) is 4.51. The second-order valence-corrected chi connectivity index (χ2v) is 6.64. The summed E-state index contributed by atoms with van der Waals surface area (Å²) in [7, 11) is 0. The molecule has 0 fully saturated rings. The molecule has 25 heavy (non-hydrogen) atoms. The lowest BCUT2D eigenvalue weighted by molar-refractivity contribution is 0.301. The molecule has 0 bridgehead atoms. The zero-order valence-corrected chi connectivity index (χ0v) is 15.4. The average molecular weight is 363 g/mol. The topological polar surface area (TPSA) is 56.9 Å². The summed E-state index contributed by atoms with van der Waals surface area (Å²) in [6.07, 6.45) is 4.01. The highest BCUT2D eigenvalue weighted by Gasteiger charge is 2.15. The van der Waals surface area contributed by atoms with Gasteiger partial charge in [-0.15, -0.1) is 0 Å². The number of halogens is 1. The molecular formula is C19H23ClN2O3. The van der Waals surface area contributed by atoms with Crippen molar-refractivity contribution in [3.8, 4) is 5.75 Å². The van der Waals surface area contributed by atoms with Crippen LogP contribution in [0.25, 0.3) is 0 Å². The fourth-order valence-electron chi connectivity index (χ4n) is 2.83. The van der Waals surface area contributed by atoms with Crippen LogP contribution in [0.1, 0.15) is 41.8 Å². The maximum atomic E-state index is 6.38. The monoisotopic (exact) mass is 362 g/mol. The van der Waals surface area contributed by atoms with Crippen LogP contribution in [0, 0.1) is 13.8 Å². The van der Waals surface area contributed by atoms with Crippen LogP contribution in [0.4, 0.5) is 0 Å². The van der Waals surface area contributed by atoms with Gasteiger partial charge in [0.1, 0.15) is 18.1 Å². The van der Waals surface area contributed by atoms with Gasteiger partial charge in [0.15, 0.2) is 0 Å². The summed E-state index contributed by atoms with van der Waals surface area (Å²) in [5.74, 6) is 2.36. The molecule has 6 heteroatoms. The standard InChI is InChI=1S/C19H23ClN2O3/c1-13-10-15(19-21-7-9-24-19)12-17(20)18(13)23-8-5-3-4-6-16-11-14(2)22-25-16/h10-12H,3-9H2,1-2H3. The first-order valence-corrected chi connectivity index (χ1v) is 9.04. The van der Waals surface area contributed by atoms with Crippen LogP contribution in [0.3, 0.4) is 0 Å². The largest absolute Gasteiger partial charge is 0.492 e. The molecule has 0 saturated carbocycles. The first-order chi connectivity index (χ1) is 12.1. The maximum absolute atomic E-state index is 6.38. The molecule has 5 nitrogen and oxygen atoms in total. The lowest BCUT2D eigenvalue weighted by Gasteiger charge is -2.13. The highest BCUT2D eigenvalue weighted by atomic mass is 35.5. The summed E-state index contributed by atoms with van der Waals surface area (Å²) in [6.45, 7) is 5.92. The molecular weight excluding hydrogens is 340 g/mol. The van der Waals surface area contributed by atoms with Crippen molar-refractivity contribution in [2.24, 2.45) is 4.99 Å². The van der Waals surface area contributed by atoms with Crippen molar-refractivity contribution in [3.63, 3.8) is 0 Å². The van der Waals surface area contributed by atoms with E-state index in [0.717, 1.165) is 54.0 Å². The van der Waals surface area contributed by atoms with Gasteiger partial charge in [-0.05, 0) is 50.8 Å². The molecule has 2 heterocycles. The highest BCUT2D eigenvalue weighted by Crippen LogP contribution is 2.31. The number of hydrogen-bond donors (Lipinski definition) is 0. The fourth-order valence-corrected chi connectivity index (χ4v) is 3.15. The quantitative estimate of drug-likeness (QED) is 0.648. The lowest BCUT2D eigenvalue weighted by atomic mass is 10.1. The fraction of sp³-hybridized carbons (Fsp3) is 0.474. The predicted molar refractivity (Wildman–Crippen MR) is 97.8 cm³/mol. The van der Waals surface area contributed by atoms with E-state index in [1.807, 2.05) is 32.0 Å². The van der Waals surface area contributed by atoms with E-state index in [9.17, 15) is 0 Å². The van der Waals surface area contributed by atoms with E-state index in [0.29, 0.717) is 30.7 Å². The smallest absolute Gasteiger partial charge is 0.216 e. The summed E-state index contributed by atoms with van der Waals surface area (Å²) < 4.78 is 16.6. The van der Waals surface area contributed by atoms with Crippen LogP contribution in [-0.4, -0.2) is 30.8 Å². The van der Waals surface area contributed by atoms with Crippen molar-refractivity contribution in [3.05, 3.63) is 45.8 Å². The van der Waals surface area contributed by atoms with Crippen LogP contribution < -0.4 is 4.74 Å². The van der Waals surface area contributed by atoms with Crippen molar-refractivity contribution in [1.82, 2.24) is 5.16 Å². The maximum Gasteiger partial charge on any atom is 0.216 e. The molecule has 1 aliphatic rings. The Morgan fingerprint density at radius 3 is 2.72 bits per heavy atom. The van der Waals surface area contributed by atoms with Gasteiger partial charge in [0.25, 0.3) is 0 Å². The molecule has 0 unspecified atom stereocenters. The second kappa shape index (κ2) is 8.39. The Bertz CT molecular complexity index is 732. The van der Waals surface area contributed by atoms with Crippen molar-refractivity contribution in [1.29, 1.82) is 0 Å². The third kappa shape index (κ3) is 4.75. The van der Waals surface area contributed by atoms with E-state index < -0.39 is 0 Å². The van der Waals surface area contributed by atoms with Crippen LogP contribution in [0.15, 0.2) is 27.7 Å². The average Bonchev–Trinajstić information content (AvgIpc) is 3.24. The molecule has 0 amide bonds. The number of aromatic nitrogens is 1. The number of unbranched alkanes of at least 4 members (excludes halogenated alkanes) is 2. The number of benzene rings is 1. The molecule has 2 aromatic rings. The summed E-state index contributed by atoms with van der Waals surface area (Å²) in [6, 6.07) is 5.86. The van der Waals surface area contributed by atoms with Gasteiger partial charge in [-0.3, -0.25) is 0 Å². The third-order valence-corrected chi connectivity index (χ3v) is 4.33. The normalized spacial score (nSPS) is 13.6. The number of hydrogen-bond acceptors (Lipinski definition) is 5. The highest BCUT2D eigenvalue weighted by molar-refractivity contribution is 6.32. The van der Waals surface area contributed by atoms with Gasteiger partial charge in [0.2, 0.25) is 5.90 Å². The molecule has 0 radical (unpaired) electrons. The van der Waals surface area contributed by atoms with E-state index in [1.54, 1.807) is 0 Å². The minimum absolute atomic E-state index is 0.602. The van der Waals surface area contributed by atoms with Crippen LogP contribution in [0.2, 0.25) is 5.02 Å². The van der Waals surface area contributed by atoms with Gasteiger partial charge in [0.05, 0.1) is 23.9 Å². The van der Waals surface area contributed by atoms with Crippen LogP contribution in [-0.2, 0) is 11.2 Å². The number of aliphatic imine (C=N–C) groups is 1. The SMILES string of the molecule is Cc1cc(CCCCCOc2c(C)cc(C3=NCCO3)cc2Cl)on1. The number of ether oxygens (including phenoxy) is 2. The first-order valence-electron chi connectivity index (χ1n) is 8.66. The Hall–Kier alpha value is -2.01. The zero-order valence-electron chi connectivity index (χ0n) is 14.7. The van der Waals surface area contributed by atoms with Crippen molar-refractivity contribution in [2.45, 2.75) is 39.5 Å². The van der Waals surface area contributed by atoms with E-state index in [-0.39, 0.29) is 0 Å². The number of rotatable bonds is 8. The van der Waals surface area contributed by atoms with Gasteiger partial charge in [0, 0.05) is 18.1 Å². The molecule has 3 rings (SSSR count). The molecule has 1 aromatic heterocycles. The Morgan fingerprint density at radius 1 is 1.16 bits per heavy atom. The Balaban J connectivity index is 1.45. The van der Waals surface area contributed by atoms with E-state index in [1.165, 1.54) is 0 Å². The summed E-state index contributed by atoms with van der Waals surface area (Å²) in [5, 5.41) is 4.50. The molecule has 0 aliphatic carbocycles. The number of nitrogens with zero attached hydrogens (tertiary/aromatic N) is 2. The van der Waals surface area contributed by atoms with Crippen LogP contribution in [0.5, 0.6) is 5.75 Å². The molecule has 1 aromatic carbocycles. The van der Waals surface area contributed by atoms with Gasteiger partial charge >= 0.3 is 0 Å². The zero-order chi connectivity index (χ0) is 17.6. The minimum Gasteiger partial charge on any atom is -0.492 e. The molecule has 0 saturated heterocycles. The van der Waals surface area contributed by atoms with Crippen molar-refractivity contribution in [2.75, 3.05) is 19.8 Å². The summed E-state index contributed by atoms with van der Waals surface area (Å²) in [5.41, 5.74) is 2.84. The van der Waals surface area contributed by atoms with Gasteiger partial charge in [-0.2, -0.15) is 0 Å². The second-order valence-electron chi connectivity index (χ2n) is 6.23. The Morgan fingerprint density at radius 2 is 2.04 bits per heavy atom. The van der Waals surface area contributed by atoms with Crippen molar-refractivity contribution < 1.29 is 14.0 Å². The molecule has 134 valence electrons. The number of aryl methyl sites for hydroxylation is 3. The third-order valence-electron chi connectivity index (χ3n) is 4.05. The van der Waals surface area contributed by atoms with E-state index >= 15 is 0 Å². The minimum atomic E-state index is 0.602. The summed E-state index contributed by atoms with van der Waals surface area (Å²) in [4.78, 5) is 4.32. The van der Waals surface area contributed by atoms with Crippen molar-refractivity contribution >= 4 is 17.5 Å². The lowest BCUT2D eigenvalue weighted by Crippen LogP contribution is -2.04. The van der Waals surface area contributed by atoms with E-state index in [2.05, 4.69) is 10.1 Å². The van der Waals surface area contributed by atoms with Gasteiger partial charge in [-0.25, -0.2) is 4.99 Å². The van der Waals surface area contributed by atoms with Crippen LogP contribution >= 0.6 is 11.6 Å². The Kier molecular flexibility index (Phi) is 5.97. The van der Waals surface area contributed by atoms with E-state index in [4.69, 9.17) is 25.6 Å². The molecule has 1 aliphatic heterocycles. The summed E-state index contributed by atoms with van der Waals surface area (Å²) >= 11 is 6.38. The molecule has 0 atom stereocenters.